The molecular formula is C12H11FN2O2. The fourth-order valence-corrected chi connectivity index (χ4v) is 1.32. The van der Waals surface area contributed by atoms with E-state index in [0.29, 0.717) is 23.3 Å². The van der Waals surface area contributed by atoms with Crippen LogP contribution in [0.1, 0.15) is 5.82 Å². The molecule has 0 saturated heterocycles. The Balaban J connectivity index is 2.26. The zero-order valence-corrected chi connectivity index (χ0v) is 9.48. The predicted molar refractivity (Wildman–Crippen MR) is 59.8 cm³/mol. The number of hydrogen-bond donors (Lipinski definition) is 0. The van der Waals surface area contributed by atoms with Crippen LogP contribution in [0, 0.1) is 12.7 Å². The first-order valence-corrected chi connectivity index (χ1v) is 5.00. The molecule has 0 N–H and O–H groups in total. The second-order valence-corrected chi connectivity index (χ2v) is 3.36. The Hall–Kier alpha value is -2.17. The van der Waals surface area contributed by atoms with Crippen molar-refractivity contribution >= 4 is 0 Å². The summed E-state index contributed by atoms with van der Waals surface area (Å²) in [5.41, 5.74) is 0. The van der Waals surface area contributed by atoms with Crippen LogP contribution in [0.25, 0.3) is 0 Å². The largest absolute Gasteiger partial charge is 0.481 e. The highest BCUT2D eigenvalue weighted by atomic mass is 19.1. The molecule has 0 radical (unpaired) electrons. The van der Waals surface area contributed by atoms with Gasteiger partial charge in [0.15, 0.2) is 0 Å². The van der Waals surface area contributed by atoms with Crippen LogP contribution < -0.4 is 9.47 Å². The molecule has 0 aliphatic carbocycles. The number of aryl methyl sites for hydroxylation is 1. The topological polar surface area (TPSA) is 44.2 Å². The molecule has 0 aliphatic heterocycles. The third-order valence-electron chi connectivity index (χ3n) is 2.02. The van der Waals surface area contributed by atoms with Crippen molar-refractivity contribution in [2.24, 2.45) is 0 Å². The average Bonchev–Trinajstić information content (AvgIpc) is 2.28. The minimum Gasteiger partial charge on any atom is -0.481 e. The number of benzene rings is 1. The molecule has 2 rings (SSSR count). The van der Waals surface area contributed by atoms with E-state index in [1.54, 1.807) is 19.1 Å². The number of nitrogens with zero attached hydrogens (tertiary/aromatic N) is 2. The second-order valence-electron chi connectivity index (χ2n) is 3.36. The first kappa shape index (κ1) is 11.3. The molecule has 1 heterocycles. The lowest BCUT2D eigenvalue weighted by Gasteiger charge is -2.06. The maximum atomic E-state index is 13.0. The van der Waals surface area contributed by atoms with Gasteiger partial charge in [-0.15, -0.1) is 0 Å². The molecule has 2 aromatic rings. The van der Waals surface area contributed by atoms with Crippen LogP contribution in [0.2, 0.25) is 0 Å². The lowest BCUT2D eigenvalue weighted by molar-refractivity contribution is 0.385. The van der Waals surface area contributed by atoms with Gasteiger partial charge in [0.05, 0.1) is 13.2 Å². The summed E-state index contributed by atoms with van der Waals surface area (Å²) in [5, 5.41) is 0. The van der Waals surface area contributed by atoms with E-state index in [9.17, 15) is 4.39 Å². The zero-order valence-electron chi connectivity index (χ0n) is 9.48. The number of ether oxygens (including phenoxy) is 2. The van der Waals surface area contributed by atoms with Gasteiger partial charge < -0.3 is 9.47 Å². The van der Waals surface area contributed by atoms with E-state index in [-0.39, 0.29) is 5.82 Å². The smallest absolute Gasteiger partial charge is 0.226 e. The minimum atomic E-state index is -0.361. The van der Waals surface area contributed by atoms with Crippen molar-refractivity contribution < 1.29 is 13.9 Å². The van der Waals surface area contributed by atoms with Gasteiger partial charge in [0, 0.05) is 6.07 Å². The molecule has 0 unspecified atom stereocenters. The van der Waals surface area contributed by atoms with Crippen molar-refractivity contribution in [3.63, 3.8) is 0 Å². The van der Waals surface area contributed by atoms with Gasteiger partial charge in [-0.05, 0) is 19.1 Å². The first-order valence-electron chi connectivity index (χ1n) is 5.00. The molecule has 88 valence electrons. The maximum Gasteiger partial charge on any atom is 0.226 e. The zero-order chi connectivity index (χ0) is 12.3. The van der Waals surface area contributed by atoms with Crippen LogP contribution in [0.3, 0.4) is 0 Å². The van der Waals surface area contributed by atoms with Crippen LogP contribution in [0.4, 0.5) is 4.39 Å². The number of aromatic nitrogens is 2. The molecule has 0 atom stereocenters. The van der Waals surface area contributed by atoms with E-state index in [0.717, 1.165) is 0 Å². The summed E-state index contributed by atoms with van der Waals surface area (Å²) in [5.74, 6) is 1.27. The van der Waals surface area contributed by atoms with Gasteiger partial charge in [0.25, 0.3) is 0 Å². The Morgan fingerprint density at radius 1 is 1.12 bits per heavy atom. The molecule has 4 nitrogen and oxygen atoms in total. The predicted octanol–water partition coefficient (Wildman–Crippen LogP) is 2.73. The highest BCUT2D eigenvalue weighted by Gasteiger charge is 2.04. The molecule has 0 aliphatic rings. The molecule has 0 bridgehead atoms. The van der Waals surface area contributed by atoms with Crippen molar-refractivity contribution in [2.75, 3.05) is 7.11 Å². The van der Waals surface area contributed by atoms with Crippen LogP contribution in [-0.2, 0) is 0 Å². The number of methoxy groups -OCH3 is 1. The lowest BCUT2D eigenvalue weighted by Crippen LogP contribution is -1.96. The van der Waals surface area contributed by atoms with Crippen LogP contribution in [-0.4, -0.2) is 17.1 Å². The van der Waals surface area contributed by atoms with E-state index in [2.05, 4.69) is 9.97 Å². The number of halogens is 1. The summed E-state index contributed by atoms with van der Waals surface area (Å²) in [4.78, 5) is 8.10. The van der Waals surface area contributed by atoms with Crippen LogP contribution >= 0.6 is 0 Å². The molecular weight excluding hydrogens is 223 g/mol. The highest BCUT2D eigenvalue weighted by molar-refractivity contribution is 5.29. The van der Waals surface area contributed by atoms with E-state index in [1.807, 2.05) is 0 Å². The second kappa shape index (κ2) is 4.78. The van der Waals surface area contributed by atoms with Gasteiger partial charge in [-0.3, -0.25) is 0 Å². The Morgan fingerprint density at radius 3 is 2.59 bits per heavy atom. The Morgan fingerprint density at radius 2 is 1.88 bits per heavy atom. The van der Waals surface area contributed by atoms with Crippen LogP contribution in [0.5, 0.6) is 17.5 Å². The van der Waals surface area contributed by atoms with Crippen molar-refractivity contribution in [3.8, 4) is 17.5 Å². The minimum absolute atomic E-state index is 0.319. The molecule has 17 heavy (non-hydrogen) atoms. The molecule has 1 aromatic carbocycles. The van der Waals surface area contributed by atoms with Gasteiger partial charge >= 0.3 is 0 Å². The summed E-state index contributed by atoms with van der Waals surface area (Å²) in [6.07, 6.45) is 0. The number of rotatable bonds is 3. The van der Waals surface area contributed by atoms with Gasteiger partial charge in [0.2, 0.25) is 11.8 Å². The SMILES string of the molecule is COc1cc(Oc2cccc(F)c2)nc(C)n1. The summed E-state index contributed by atoms with van der Waals surface area (Å²) in [7, 11) is 1.51. The molecule has 1 aromatic heterocycles. The molecule has 0 saturated carbocycles. The van der Waals surface area contributed by atoms with Gasteiger partial charge in [0.1, 0.15) is 17.4 Å². The van der Waals surface area contributed by atoms with E-state index < -0.39 is 0 Å². The van der Waals surface area contributed by atoms with Crippen LogP contribution in [0.15, 0.2) is 30.3 Å². The fraction of sp³-hybridized carbons (Fsp3) is 0.167. The first-order chi connectivity index (χ1) is 8.17. The van der Waals surface area contributed by atoms with Crippen molar-refractivity contribution in [2.45, 2.75) is 6.92 Å². The van der Waals surface area contributed by atoms with Gasteiger partial charge in [-0.2, -0.15) is 9.97 Å². The summed E-state index contributed by atoms with van der Waals surface area (Å²) in [6.45, 7) is 1.72. The molecule has 0 amide bonds. The average molecular weight is 234 g/mol. The third-order valence-corrected chi connectivity index (χ3v) is 2.02. The van der Waals surface area contributed by atoms with E-state index in [4.69, 9.17) is 9.47 Å². The quantitative estimate of drug-likeness (QED) is 0.819. The number of hydrogen-bond acceptors (Lipinski definition) is 4. The van der Waals surface area contributed by atoms with E-state index >= 15 is 0 Å². The molecule has 0 spiro atoms. The van der Waals surface area contributed by atoms with Crippen molar-refractivity contribution in [1.29, 1.82) is 0 Å². The Bertz CT molecular complexity index is 532. The van der Waals surface area contributed by atoms with Crippen molar-refractivity contribution in [3.05, 3.63) is 42.0 Å². The molecule has 0 fully saturated rings. The van der Waals surface area contributed by atoms with E-state index in [1.165, 1.54) is 25.3 Å². The highest BCUT2D eigenvalue weighted by Crippen LogP contribution is 2.22. The summed E-state index contributed by atoms with van der Waals surface area (Å²) in [6, 6.07) is 7.38. The fourth-order valence-electron chi connectivity index (χ4n) is 1.32. The lowest BCUT2D eigenvalue weighted by atomic mass is 10.3. The normalized spacial score (nSPS) is 10.1. The van der Waals surface area contributed by atoms with Gasteiger partial charge in [-0.25, -0.2) is 4.39 Å². The Kier molecular flexibility index (Phi) is 3.18. The third kappa shape index (κ3) is 2.90. The Labute approximate surface area is 98.1 Å². The summed E-state index contributed by atoms with van der Waals surface area (Å²) >= 11 is 0. The molecule has 5 heteroatoms. The monoisotopic (exact) mass is 234 g/mol. The van der Waals surface area contributed by atoms with Gasteiger partial charge in [-0.1, -0.05) is 6.07 Å². The van der Waals surface area contributed by atoms with Crippen molar-refractivity contribution in [1.82, 2.24) is 9.97 Å². The maximum absolute atomic E-state index is 13.0. The standard InChI is InChI=1S/C12H11FN2O2/c1-8-14-11(16-2)7-12(15-8)17-10-5-3-4-9(13)6-10/h3-7H,1-2H3. The summed E-state index contributed by atoms with van der Waals surface area (Å²) < 4.78 is 23.4.